The van der Waals surface area contributed by atoms with Gasteiger partial charge in [-0.3, -0.25) is 9.80 Å². The van der Waals surface area contributed by atoms with Crippen LogP contribution in [0.4, 0.5) is 20.2 Å². The van der Waals surface area contributed by atoms with E-state index in [-0.39, 0.29) is 11.6 Å². The molecule has 6 heteroatoms. The lowest BCUT2D eigenvalue weighted by molar-refractivity contribution is 0.120. The molecule has 27 heavy (non-hydrogen) atoms. The monoisotopic (exact) mass is 372 g/mol. The van der Waals surface area contributed by atoms with Gasteiger partial charge in [0.2, 0.25) is 0 Å². The van der Waals surface area contributed by atoms with Gasteiger partial charge in [-0.1, -0.05) is 0 Å². The molecule has 0 bridgehead atoms. The van der Waals surface area contributed by atoms with E-state index in [1.807, 2.05) is 24.3 Å². The second-order valence-electron chi connectivity index (χ2n) is 7.30. The van der Waals surface area contributed by atoms with Crippen LogP contribution in [0.1, 0.15) is 0 Å². The zero-order chi connectivity index (χ0) is 18.6. The van der Waals surface area contributed by atoms with E-state index in [4.69, 9.17) is 0 Å². The number of piperazine rings is 2. The molecule has 2 heterocycles. The van der Waals surface area contributed by atoms with Crippen LogP contribution >= 0.6 is 0 Å². The Kier molecular flexibility index (Phi) is 5.55. The van der Waals surface area contributed by atoms with E-state index >= 15 is 0 Å². The molecule has 0 spiro atoms. The molecule has 4 rings (SSSR count). The van der Waals surface area contributed by atoms with E-state index in [1.165, 1.54) is 24.3 Å². The molecule has 0 unspecified atom stereocenters. The van der Waals surface area contributed by atoms with Crippen LogP contribution in [0.25, 0.3) is 0 Å². The first-order chi connectivity index (χ1) is 13.2. The maximum Gasteiger partial charge on any atom is 0.123 e. The van der Waals surface area contributed by atoms with E-state index in [9.17, 15) is 8.78 Å². The van der Waals surface area contributed by atoms with Gasteiger partial charge in [0.1, 0.15) is 11.6 Å². The number of hydrogen-bond donors (Lipinski definition) is 0. The smallest absolute Gasteiger partial charge is 0.123 e. The van der Waals surface area contributed by atoms with Crippen molar-refractivity contribution in [1.29, 1.82) is 0 Å². The maximum absolute atomic E-state index is 13.1. The number of halogens is 2. The molecule has 0 aromatic heterocycles. The third-order valence-electron chi connectivity index (χ3n) is 5.53. The van der Waals surface area contributed by atoms with Gasteiger partial charge in [-0.15, -0.1) is 0 Å². The molecule has 144 valence electrons. The summed E-state index contributed by atoms with van der Waals surface area (Å²) in [5.41, 5.74) is 2.20. The Morgan fingerprint density at radius 1 is 0.519 bits per heavy atom. The SMILES string of the molecule is Fc1ccc(N2CCN(CN3CCN(c4ccc(F)cc4)CC3)CC2)cc1. The fourth-order valence-corrected chi connectivity index (χ4v) is 3.88. The Morgan fingerprint density at radius 3 is 1.19 bits per heavy atom. The molecule has 2 aliphatic heterocycles. The first-order valence-electron chi connectivity index (χ1n) is 9.63. The van der Waals surface area contributed by atoms with Gasteiger partial charge in [-0.2, -0.15) is 0 Å². The van der Waals surface area contributed by atoms with E-state index in [0.29, 0.717) is 0 Å². The summed E-state index contributed by atoms with van der Waals surface area (Å²) >= 11 is 0. The van der Waals surface area contributed by atoms with Gasteiger partial charge < -0.3 is 9.80 Å². The van der Waals surface area contributed by atoms with Crippen molar-refractivity contribution in [3.8, 4) is 0 Å². The number of rotatable bonds is 4. The van der Waals surface area contributed by atoms with Crippen molar-refractivity contribution in [3.05, 3.63) is 60.2 Å². The molecular formula is C21H26F2N4. The molecule has 2 aliphatic rings. The van der Waals surface area contributed by atoms with Gasteiger partial charge >= 0.3 is 0 Å². The van der Waals surface area contributed by atoms with Crippen LogP contribution < -0.4 is 9.80 Å². The van der Waals surface area contributed by atoms with Gasteiger partial charge in [0.05, 0.1) is 6.67 Å². The Hall–Kier alpha value is -2.18. The maximum atomic E-state index is 13.1. The largest absolute Gasteiger partial charge is 0.369 e. The summed E-state index contributed by atoms with van der Waals surface area (Å²) in [4.78, 5) is 9.63. The van der Waals surface area contributed by atoms with Crippen LogP contribution in [-0.4, -0.2) is 68.8 Å². The molecule has 0 atom stereocenters. The Bertz CT molecular complexity index is 655. The molecule has 0 N–H and O–H groups in total. The molecule has 0 saturated carbocycles. The van der Waals surface area contributed by atoms with E-state index in [2.05, 4.69) is 19.6 Å². The van der Waals surface area contributed by atoms with E-state index in [0.717, 1.165) is 70.4 Å². The van der Waals surface area contributed by atoms with Crippen LogP contribution in [0.2, 0.25) is 0 Å². The third-order valence-corrected chi connectivity index (χ3v) is 5.53. The molecule has 0 amide bonds. The molecule has 2 saturated heterocycles. The summed E-state index contributed by atoms with van der Waals surface area (Å²) in [6, 6.07) is 13.6. The van der Waals surface area contributed by atoms with Crippen molar-refractivity contribution in [2.45, 2.75) is 0 Å². The van der Waals surface area contributed by atoms with E-state index < -0.39 is 0 Å². The topological polar surface area (TPSA) is 13.0 Å². The summed E-state index contributed by atoms with van der Waals surface area (Å²) in [7, 11) is 0. The summed E-state index contributed by atoms with van der Waals surface area (Å²) in [6.07, 6.45) is 0. The van der Waals surface area contributed by atoms with Crippen molar-refractivity contribution >= 4 is 11.4 Å². The molecule has 0 aliphatic carbocycles. The zero-order valence-electron chi connectivity index (χ0n) is 15.5. The Morgan fingerprint density at radius 2 is 0.852 bits per heavy atom. The lowest BCUT2D eigenvalue weighted by atomic mass is 10.2. The second-order valence-corrected chi connectivity index (χ2v) is 7.30. The molecule has 2 fully saturated rings. The van der Waals surface area contributed by atoms with Crippen molar-refractivity contribution in [2.24, 2.45) is 0 Å². The van der Waals surface area contributed by atoms with Gasteiger partial charge in [0.15, 0.2) is 0 Å². The minimum atomic E-state index is -0.183. The second kappa shape index (κ2) is 8.23. The normalized spacial score (nSPS) is 19.5. The predicted molar refractivity (Wildman–Crippen MR) is 105 cm³/mol. The number of benzene rings is 2. The molecule has 0 radical (unpaired) electrons. The lowest BCUT2D eigenvalue weighted by Gasteiger charge is -2.41. The number of nitrogens with zero attached hydrogens (tertiary/aromatic N) is 4. The van der Waals surface area contributed by atoms with Crippen LogP contribution in [0.3, 0.4) is 0 Å². The van der Waals surface area contributed by atoms with E-state index in [1.54, 1.807) is 0 Å². The highest BCUT2D eigenvalue weighted by Gasteiger charge is 2.22. The van der Waals surface area contributed by atoms with Crippen LogP contribution in [0.15, 0.2) is 48.5 Å². The highest BCUT2D eigenvalue weighted by molar-refractivity contribution is 5.47. The summed E-state index contributed by atoms with van der Waals surface area (Å²) < 4.78 is 26.2. The van der Waals surface area contributed by atoms with Gasteiger partial charge in [-0.25, -0.2) is 8.78 Å². The third kappa shape index (κ3) is 4.57. The molecular weight excluding hydrogens is 346 g/mol. The van der Waals surface area contributed by atoms with Gasteiger partial charge in [-0.05, 0) is 48.5 Å². The minimum absolute atomic E-state index is 0.183. The first-order valence-corrected chi connectivity index (χ1v) is 9.63. The quantitative estimate of drug-likeness (QED) is 0.818. The highest BCUT2D eigenvalue weighted by atomic mass is 19.1. The van der Waals surface area contributed by atoms with Crippen LogP contribution in [0, 0.1) is 11.6 Å². The van der Waals surface area contributed by atoms with Crippen molar-refractivity contribution in [3.63, 3.8) is 0 Å². The zero-order valence-corrected chi connectivity index (χ0v) is 15.5. The first kappa shape index (κ1) is 18.2. The van der Waals surface area contributed by atoms with Gasteiger partial charge in [0.25, 0.3) is 0 Å². The molecule has 2 aromatic rings. The summed E-state index contributed by atoms with van der Waals surface area (Å²) in [5, 5.41) is 0. The fourth-order valence-electron chi connectivity index (χ4n) is 3.88. The molecule has 4 nitrogen and oxygen atoms in total. The standard InChI is InChI=1S/C21H26F2N4/c22-18-1-5-20(6-2-18)26-13-9-24(10-14-26)17-25-11-15-27(16-12-25)21-7-3-19(23)4-8-21/h1-8H,9-17H2. The van der Waals surface area contributed by atoms with Gasteiger partial charge in [0, 0.05) is 63.7 Å². The highest BCUT2D eigenvalue weighted by Crippen LogP contribution is 2.19. The Labute approximate surface area is 159 Å². The number of anilines is 2. The summed E-state index contributed by atoms with van der Waals surface area (Å²) in [5.74, 6) is -0.366. The molecule has 2 aromatic carbocycles. The minimum Gasteiger partial charge on any atom is -0.369 e. The average Bonchev–Trinajstić information content (AvgIpc) is 2.71. The fraction of sp³-hybridized carbons (Fsp3) is 0.429. The average molecular weight is 372 g/mol. The van der Waals surface area contributed by atoms with Crippen molar-refractivity contribution < 1.29 is 8.78 Å². The lowest BCUT2D eigenvalue weighted by Crippen LogP contribution is -2.54. The summed E-state index contributed by atoms with van der Waals surface area (Å²) in [6.45, 7) is 8.98. The number of hydrogen-bond acceptors (Lipinski definition) is 4. The van der Waals surface area contributed by atoms with Crippen molar-refractivity contribution in [2.75, 3.05) is 68.8 Å². The van der Waals surface area contributed by atoms with Crippen LogP contribution in [0.5, 0.6) is 0 Å². The Balaban J connectivity index is 1.22. The van der Waals surface area contributed by atoms with Crippen molar-refractivity contribution in [1.82, 2.24) is 9.80 Å². The van der Waals surface area contributed by atoms with Crippen LogP contribution in [-0.2, 0) is 0 Å². The predicted octanol–water partition coefficient (Wildman–Crippen LogP) is 2.87.